The van der Waals surface area contributed by atoms with Crippen molar-refractivity contribution in [1.29, 1.82) is 0 Å². The predicted octanol–water partition coefficient (Wildman–Crippen LogP) is 4.50. The van der Waals surface area contributed by atoms with Crippen LogP contribution in [0.4, 0.5) is 0 Å². The minimum Gasteiger partial charge on any atom is -0.339 e. The van der Waals surface area contributed by atoms with Gasteiger partial charge in [0.15, 0.2) is 16.8 Å². The van der Waals surface area contributed by atoms with Crippen LogP contribution in [0.15, 0.2) is 52.4 Å². The Kier molecular flexibility index (Phi) is 4.63. The molecular weight excluding hydrogens is 384 g/mol. The van der Waals surface area contributed by atoms with Crippen molar-refractivity contribution in [2.45, 2.75) is 43.5 Å². The number of aryl methyl sites for hydroxylation is 2. The lowest BCUT2D eigenvalue weighted by Gasteiger charge is -2.12. The largest absolute Gasteiger partial charge is 0.339 e. The van der Waals surface area contributed by atoms with Crippen molar-refractivity contribution in [2.24, 2.45) is 0 Å². The van der Waals surface area contributed by atoms with E-state index < -0.39 is 0 Å². The van der Waals surface area contributed by atoms with E-state index in [4.69, 9.17) is 4.52 Å². The molecule has 7 nitrogen and oxygen atoms in total. The van der Waals surface area contributed by atoms with E-state index in [9.17, 15) is 0 Å². The van der Waals surface area contributed by atoms with Gasteiger partial charge >= 0.3 is 0 Å². The first-order valence-electron chi connectivity index (χ1n) is 9.58. The van der Waals surface area contributed by atoms with E-state index in [1.165, 1.54) is 11.1 Å². The normalized spacial score (nSPS) is 13.7. The van der Waals surface area contributed by atoms with E-state index in [1.807, 2.05) is 12.1 Å². The zero-order valence-corrected chi connectivity index (χ0v) is 17.1. The van der Waals surface area contributed by atoms with E-state index >= 15 is 0 Å². The molecule has 3 aromatic heterocycles. The van der Waals surface area contributed by atoms with E-state index in [2.05, 4.69) is 61.9 Å². The van der Waals surface area contributed by atoms with Gasteiger partial charge in [-0.1, -0.05) is 23.0 Å². The third kappa shape index (κ3) is 3.67. The topological polar surface area (TPSA) is 82.5 Å². The highest BCUT2D eigenvalue weighted by atomic mass is 32.2. The van der Waals surface area contributed by atoms with Crippen LogP contribution in [0.2, 0.25) is 0 Å². The number of benzene rings is 1. The molecule has 29 heavy (non-hydrogen) atoms. The van der Waals surface area contributed by atoms with Gasteiger partial charge in [-0.15, -0.1) is 10.2 Å². The van der Waals surface area contributed by atoms with Crippen LogP contribution in [0, 0.1) is 13.8 Å². The molecule has 1 aromatic carbocycles. The molecule has 1 saturated carbocycles. The van der Waals surface area contributed by atoms with Gasteiger partial charge in [0.25, 0.3) is 0 Å². The van der Waals surface area contributed by atoms with Gasteiger partial charge in [-0.25, -0.2) is 0 Å². The first-order valence-corrected chi connectivity index (χ1v) is 10.6. The molecule has 1 aliphatic carbocycles. The number of rotatable bonds is 6. The highest BCUT2D eigenvalue weighted by molar-refractivity contribution is 7.98. The minimum absolute atomic E-state index is 0.457. The summed E-state index contributed by atoms with van der Waals surface area (Å²) in [6.45, 7) is 4.22. The molecule has 8 heteroatoms. The maximum Gasteiger partial charge on any atom is 0.229 e. The Morgan fingerprint density at radius 2 is 1.90 bits per heavy atom. The highest BCUT2D eigenvalue weighted by Crippen LogP contribution is 2.39. The van der Waals surface area contributed by atoms with Crippen LogP contribution in [-0.4, -0.2) is 29.9 Å². The van der Waals surface area contributed by atoms with Crippen molar-refractivity contribution in [3.63, 3.8) is 0 Å². The average Bonchev–Trinajstić information content (AvgIpc) is 3.33. The number of thioether (sulfide) groups is 1. The second kappa shape index (κ2) is 7.44. The minimum atomic E-state index is 0.457. The molecule has 0 atom stereocenters. The molecular formula is C21H20N6OS. The predicted molar refractivity (Wildman–Crippen MR) is 110 cm³/mol. The fraction of sp³-hybridized carbons (Fsp3) is 0.286. The van der Waals surface area contributed by atoms with Gasteiger partial charge in [0.1, 0.15) is 0 Å². The first-order chi connectivity index (χ1) is 14.2. The van der Waals surface area contributed by atoms with E-state index in [-0.39, 0.29) is 0 Å². The van der Waals surface area contributed by atoms with Crippen molar-refractivity contribution in [3.05, 3.63) is 65.6 Å². The van der Waals surface area contributed by atoms with Gasteiger partial charge in [0.05, 0.1) is 11.4 Å². The van der Waals surface area contributed by atoms with Crippen LogP contribution in [0.5, 0.6) is 0 Å². The molecule has 146 valence electrons. The van der Waals surface area contributed by atoms with Crippen LogP contribution in [0.3, 0.4) is 0 Å². The zero-order valence-electron chi connectivity index (χ0n) is 16.2. The van der Waals surface area contributed by atoms with Crippen molar-refractivity contribution in [1.82, 2.24) is 29.9 Å². The van der Waals surface area contributed by atoms with Crippen LogP contribution >= 0.6 is 11.8 Å². The zero-order chi connectivity index (χ0) is 19.8. The second-order valence-corrected chi connectivity index (χ2v) is 8.20. The summed E-state index contributed by atoms with van der Waals surface area (Å²) in [6, 6.07) is 10.3. The summed E-state index contributed by atoms with van der Waals surface area (Å²) in [7, 11) is 0. The summed E-state index contributed by atoms with van der Waals surface area (Å²) in [5.74, 6) is 3.27. The standard InChI is InChI=1S/C21H20N6OS/c1-13-3-6-17(11-14(13)2)27-19(15-7-9-22-10-8-15)24-25-21(27)29-12-18-23-20(28-26-18)16-4-5-16/h3,6-11,16H,4-5,12H2,1-2H3. The lowest BCUT2D eigenvalue weighted by atomic mass is 10.1. The summed E-state index contributed by atoms with van der Waals surface area (Å²) in [5, 5.41) is 13.8. The lowest BCUT2D eigenvalue weighted by molar-refractivity contribution is 0.375. The Balaban J connectivity index is 1.50. The molecule has 1 fully saturated rings. The SMILES string of the molecule is Cc1ccc(-n2c(SCc3noc(C4CC4)n3)nnc2-c2ccncc2)cc1C. The number of pyridine rings is 1. The van der Waals surface area contributed by atoms with Gasteiger partial charge in [0.2, 0.25) is 5.89 Å². The van der Waals surface area contributed by atoms with Crippen LogP contribution < -0.4 is 0 Å². The molecule has 5 rings (SSSR count). The van der Waals surface area contributed by atoms with Crippen LogP contribution in [0.25, 0.3) is 17.1 Å². The molecule has 0 unspecified atom stereocenters. The van der Waals surface area contributed by atoms with Crippen LogP contribution in [0.1, 0.15) is 41.6 Å². The van der Waals surface area contributed by atoms with Crippen molar-refractivity contribution < 1.29 is 4.52 Å². The molecule has 4 aromatic rings. The van der Waals surface area contributed by atoms with E-state index in [0.29, 0.717) is 17.5 Å². The smallest absolute Gasteiger partial charge is 0.229 e. The first kappa shape index (κ1) is 18.1. The summed E-state index contributed by atoms with van der Waals surface area (Å²) in [5.41, 5.74) is 4.47. The monoisotopic (exact) mass is 404 g/mol. The third-order valence-electron chi connectivity index (χ3n) is 5.06. The number of hydrogen-bond donors (Lipinski definition) is 0. The second-order valence-electron chi connectivity index (χ2n) is 7.26. The summed E-state index contributed by atoms with van der Waals surface area (Å²) >= 11 is 1.55. The molecule has 0 amide bonds. The third-order valence-corrected chi connectivity index (χ3v) is 5.99. The van der Waals surface area contributed by atoms with Crippen LogP contribution in [-0.2, 0) is 5.75 Å². The summed E-state index contributed by atoms with van der Waals surface area (Å²) < 4.78 is 7.45. The van der Waals surface area contributed by atoms with Crippen molar-refractivity contribution >= 4 is 11.8 Å². The molecule has 3 heterocycles. The highest BCUT2D eigenvalue weighted by Gasteiger charge is 2.29. The molecule has 0 N–H and O–H groups in total. The summed E-state index contributed by atoms with van der Waals surface area (Å²) in [6.07, 6.45) is 5.82. The van der Waals surface area contributed by atoms with Gasteiger partial charge in [-0.05, 0) is 62.1 Å². The molecule has 1 aliphatic rings. The molecule has 0 spiro atoms. The van der Waals surface area contributed by atoms with E-state index in [1.54, 1.807) is 24.2 Å². The molecule has 0 radical (unpaired) electrons. The molecule has 0 saturated heterocycles. The Labute approximate surface area is 172 Å². The Morgan fingerprint density at radius 1 is 1.07 bits per heavy atom. The quantitative estimate of drug-likeness (QED) is 0.438. The van der Waals surface area contributed by atoms with Crippen molar-refractivity contribution in [3.8, 4) is 17.1 Å². The number of aromatic nitrogens is 6. The molecule has 0 bridgehead atoms. The fourth-order valence-electron chi connectivity index (χ4n) is 3.10. The average molecular weight is 404 g/mol. The summed E-state index contributed by atoms with van der Waals surface area (Å²) in [4.78, 5) is 8.63. The van der Waals surface area contributed by atoms with Crippen molar-refractivity contribution in [2.75, 3.05) is 0 Å². The Bertz CT molecular complexity index is 1150. The van der Waals surface area contributed by atoms with Gasteiger partial charge in [0, 0.05) is 23.9 Å². The fourth-order valence-corrected chi connectivity index (χ4v) is 3.90. The van der Waals surface area contributed by atoms with Gasteiger partial charge in [-0.2, -0.15) is 4.98 Å². The van der Waals surface area contributed by atoms with Gasteiger partial charge < -0.3 is 4.52 Å². The maximum atomic E-state index is 5.37. The molecule has 0 aliphatic heterocycles. The number of hydrogen-bond acceptors (Lipinski definition) is 7. The maximum absolute atomic E-state index is 5.37. The number of nitrogens with zero attached hydrogens (tertiary/aromatic N) is 6. The Morgan fingerprint density at radius 3 is 2.66 bits per heavy atom. The lowest BCUT2D eigenvalue weighted by Crippen LogP contribution is -2.01. The van der Waals surface area contributed by atoms with Gasteiger partial charge in [-0.3, -0.25) is 9.55 Å². The Hall–Kier alpha value is -3.00. The van der Waals surface area contributed by atoms with E-state index in [0.717, 1.165) is 41.0 Å².